The Morgan fingerprint density at radius 3 is 2.94 bits per heavy atom. The van der Waals surface area contributed by atoms with Crippen LogP contribution in [0.25, 0.3) is 0 Å². The molecule has 3 atom stereocenters. The van der Waals surface area contributed by atoms with Crippen LogP contribution in [0.15, 0.2) is 4.52 Å². The molecule has 0 amide bonds. The van der Waals surface area contributed by atoms with Crippen LogP contribution in [0.3, 0.4) is 0 Å². The van der Waals surface area contributed by atoms with E-state index in [1.165, 1.54) is 0 Å². The van der Waals surface area contributed by atoms with Crippen molar-refractivity contribution in [3.05, 3.63) is 11.7 Å². The Bertz CT molecular complexity index is 361. The number of likely N-dealkylation sites (N-methyl/N-ethyl adjacent to an activating group) is 1. The van der Waals surface area contributed by atoms with Gasteiger partial charge in [0.1, 0.15) is 0 Å². The van der Waals surface area contributed by atoms with E-state index in [0.717, 1.165) is 44.1 Å². The first-order chi connectivity index (χ1) is 8.70. The van der Waals surface area contributed by atoms with Gasteiger partial charge < -0.3 is 14.6 Å². The molecule has 1 saturated heterocycles. The van der Waals surface area contributed by atoms with Gasteiger partial charge in [-0.2, -0.15) is 4.98 Å². The summed E-state index contributed by atoms with van der Waals surface area (Å²) in [4.78, 5) is 4.48. The Balaban J connectivity index is 1.92. The average molecular weight is 253 g/mol. The summed E-state index contributed by atoms with van der Waals surface area (Å²) in [6.45, 7) is 8.15. The molecule has 2 heterocycles. The lowest BCUT2D eigenvalue weighted by molar-refractivity contribution is 0.109. The van der Waals surface area contributed by atoms with Gasteiger partial charge in [-0.1, -0.05) is 19.0 Å². The molecule has 5 nitrogen and oxygen atoms in total. The van der Waals surface area contributed by atoms with Crippen LogP contribution >= 0.6 is 0 Å². The monoisotopic (exact) mass is 253 g/mol. The van der Waals surface area contributed by atoms with Crippen molar-refractivity contribution in [3.63, 3.8) is 0 Å². The highest BCUT2D eigenvalue weighted by Crippen LogP contribution is 2.19. The van der Waals surface area contributed by atoms with Crippen molar-refractivity contribution in [2.45, 2.75) is 58.1 Å². The van der Waals surface area contributed by atoms with Gasteiger partial charge in [-0.05, 0) is 26.3 Å². The smallest absolute Gasteiger partial charge is 0.231 e. The Morgan fingerprint density at radius 1 is 1.44 bits per heavy atom. The molecule has 1 aromatic heterocycles. The summed E-state index contributed by atoms with van der Waals surface area (Å²) in [6, 6.07) is 0.339. The number of hydrogen-bond acceptors (Lipinski definition) is 5. The fourth-order valence-corrected chi connectivity index (χ4v) is 2.26. The first kappa shape index (κ1) is 13.5. The summed E-state index contributed by atoms with van der Waals surface area (Å²) in [5, 5.41) is 7.42. The zero-order valence-corrected chi connectivity index (χ0v) is 11.5. The normalized spacial score (nSPS) is 23.2. The number of ether oxygens (including phenoxy) is 1. The molecule has 0 radical (unpaired) electrons. The number of nitrogens with one attached hydrogen (secondary N) is 1. The van der Waals surface area contributed by atoms with E-state index in [9.17, 15) is 0 Å². The van der Waals surface area contributed by atoms with Gasteiger partial charge in [-0.15, -0.1) is 0 Å². The van der Waals surface area contributed by atoms with E-state index in [4.69, 9.17) is 9.26 Å². The van der Waals surface area contributed by atoms with Crippen molar-refractivity contribution in [1.82, 2.24) is 15.5 Å². The minimum absolute atomic E-state index is 0.232. The van der Waals surface area contributed by atoms with Crippen LogP contribution in [-0.2, 0) is 11.2 Å². The minimum atomic E-state index is 0.232. The van der Waals surface area contributed by atoms with Gasteiger partial charge in [0, 0.05) is 19.1 Å². The highest BCUT2D eigenvalue weighted by molar-refractivity contribution is 4.97. The van der Waals surface area contributed by atoms with Crippen LogP contribution in [0.1, 0.15) is 51.2 Å². The van der Waals surface area contributed by atoms with E-state index in [2.05, 4.69) is 36.2 Å². The summed E-state index contributed by atoms with van der Waals surface area (Å²) in [5.74, 6) is 1.72. The number of hydrogen-bond donors (Lipinski definition) is 1. The molecule has 0 aliphatic carbocycles. The zero-order chi connectivity index (χ0) is 13.0. The van der Waals surface area contributed by atoms with E-state index in [1.54, 1.807) is 0 Å². The van der Waals surface area contributed by atoms with E-state index >= 15 is 0 Å². The van der Waals surface area contributed by atoms with Crippen LogP contribution in [0, 0.1) is 0 Å². The first-order valence-electron chi connectivity index (χ1n) is 6.88. The molecule has 1 N–H and O–H groups in total. The molecule has 5 heteroatoms. The Labute approximate surface area is 108 Å². The number of nitrogens with zero attached hydrogens (tertiary/aromatic N) is 2. The topological polar surface area (TPSA) is 60.2 Å². The Kier molecular flexibility index (Phi) is 4.72. The van der Waals surface area contributed by atoms with Crippen molar-refractivity contribution in [2.24, 2.45) is 0 Å². The SMILES string of the molecule is CCNC(C)C(C)c1nc(CC2CCCO2)no1. The summed E-state index contributed by atoms with van der Waals surface area (Å²) in [7, 11) is 0. The second-order valence-electron chi connectivity index (χ2n) is 5.02. The third kappa shape index (κ3) is 3.29. The standard InChI is InChI=1S/C13H23N3O2/c1-4-14-10(3)9(2)13-15-12(16-18-13)8-11-6-5-7-17-11/h9-11,14H,4-8H2,1-3H3. The maximum Gasteiger partial charge on any atom is 0.231 e. The molecular weight excluding hydrogens is 230 g/mol. The molecule has 0 aromatic carbocycles. The predicted molar refractivity (Wildman–Crippen MR) is 68.5 cm³/mol. The van der Waals surface area contributed by atoms with Crippen molar-refractivity contribution in [2.75, 3.05) is 13.2 Å². The summed E-state index contributed by atoms with van der Waals surface area (Å²) < 4.78 is 10.9. The van der Waals surface area contributed by atoms with Crippen LogP contribution < -0.4 is 5.32 Å². The van der Waals surface area contributed by atoms with Gasteiger partial charge in [-0.3, -0.25) is 0 Å². The molecule has 0 spiro atoms. The molecule has 3 unspecified atom stereocenters. The zero-order valence-electron chi connectivity index (χ0n) is 11.5. The third-order valence-electron chi connectivity index (χ3n) is 3.58. The van der Waals surface area contributed by atoms with E-state index in [1.807, 2.05) is 0 Å². The fraction of sp³-hybridized carbons (Fsp3) is 0.846. The highest BCUT2D eigenvalue weighted by atomic mass is 16.5. The minimum Gasteiger partial charge on any atom is -0.378 e. The second-order valence-corrected chi connectivity index (χ2v) is 5.02. The van der Waals surface area contributed by atoms with Crippen molar-refractivity contribution in [3.8, 4) is 0 Å². The molecule has 1 aromatic rings. The molecule has 1 aliphatic heterocycles. The largest absolute Gasteiger partial charge is 0.378 e. The summed E-state index contributed by atoms with van der Waals surface area (Å²) in [6.07, 6.45) is 3.29. The highest BCUT2D eigenvalue weighted by Gasteiger charge is 2.22. The lowest BCUT2D eigenvalue weighted by Gasteiger charge is -2.16. The molecule has 102 valence electrons. The summed E-state index contributed by atoms with van der Waals surface area (Å²) >= 11 is 0. The van der Waals surface area contributed by atoms with Crippen molar-refractivity contribution >= 4 is 0 Å². The van der Waals surface area contributed by atoms with Gasteiger partial charge in [0.15, 0.2) is 5.82 Å². The lowest BCUT2D eigenvalue weighted by atomic mass is 10.0. The van der Waals surface area contributed by atoms with Gasteiger partial charge in [0.25, 0.3) is 0 Å². The fourth-order valence-electron chi connectivity index (χ4n) is 2.26. The molecule has 1 aliphatic rings. The maximum absolute atomic E-state index is 5.58. The molecule has 0 saturated carbocycles. The molecule has 2 rings (SSSR count). The third-order valence-corrected chi connectivity index (χ3v) is 3.58. The van der Waals surface area contributed by atoms with E-state index in [0.29, 0.717) is 6.04 Å². The van der Waals surface area contributed by atoms with Gasteiger partial charge in [0.2, 0.25) is 5.89 Å². The van der Waals surface area contributed by atoms with Crippen LogP contribution in [0.5, 0.6) is 0 Å². The quantitative estimate of drug-likeness (QED) is 0.839. The molecular formula is C13H23N3O2. The van der Waals surface area contributed by atoms with Crippen LogP contribution in [-0.4, -0.2) is 35.4 Å². The van der Waals surface area contributed by atoms with Crippen molar-refractivity contribution < 1.29 is 9.26 Å². The second kappa shape index (κ2) is 6.29. The number of rotatable bonds is 6. The molecule has 0 bridgehead atoms. The van der Waals surface area contributed by atoms with Crippen LogP contribution in [0.4, 0.5) is 0 Å². The van der Waals surface area contributed by atoms with Gasteiger partial charge in [-0.25, -0.2) is 0 Å². The molecule has 18 heavy (non-hydrogen) atoms. The maximum atomic E-state index is 5.58. The molecule has 1 fully saturated rings. The van der Waals surface area contributed by atoms with E-state index < -0.39 is 0 Å². The van der Waals surface area contributed by atoms with E-state index in [-0.39, 0.29) is 12.0 Å². The Morgan fingerprint density at radius 2 is 2.28 bits per heavy atom. The van der Waals surface area contributed by atoms with Gasteiger partial charge >= 0.3 is 0 Å². The van der Waals surface area contributed by atoms with Gasteiger partial charge in [0.05, 0.1) is 12.0 Å². The van der Waals surface area contributed by atoms with Crippen molar-refractivity contribution in [1.29, 1.82) is 0 Å². The first-order valence-corrected chi connectivity index (χ1v) is 6.88. The van der Waals surface area contributed by atoms with Crippen LogP contribution in [0.2, 0.25) is 0 Å². The number of aromatic nitrogens is 2. The Hall–Kier alpha value is -0.940. The predicted octanol–water partition coefficient (Wildman–Crippen LogP) is 1.89. The lowest BCUT2D eigenvalue weighted by Crippen LogP contribution is -2.30. The average Bonchev–Trinajstić information content (AvgIpc) is 3.00. The summed E-state index contributed by atoms with van der Waals surface area (Å²) in [5.41, 5.74) is 0.